The third-order valence-electron chi connectivity index (χ3n) is 6.16. The number of unbranched alkanes of at least 4 members (excludes halogenated alkanes) is 10. The van der Waals surface area contributed by atoms with Crippen LogP contribution >= 0.6 is 12.2 Å². The van der Waals surface area contributed by atoms with Gasteiger partial charge in [0.1, 0.15) is 0 Å². The van der Waals surface area contributed by atoms with E-state index in [2.05, 4.69) is 22.9 Å². The van der Waals surface area contributed by atoms with Crippen molar-refractivity contribution < 1.29 is 14.3 Å². The first kappa shape index (κ1) is 28.2. The second-order valence-electron chi connectivity index (χ2n) is 9.21. The fraction of sp³-hybridized carbons (Fsp3) is 0.667. The van der Waals surface area contributed by atoms with Gasteiger partial charge in [-0.15, -0.1) is 0 Å². The second kappa shape index (κ2) is 17.4. The Morgan fingerprint density at radius 3 is 2.32 bits per heavy atom. The van der Waals surface area contributed by atoms with Crippen molar-refractivity contribution in [2.75, 3.05) is 18.5 Å². The van der Waals surface area contributed by atoms with Crippen LogP contribution in [0.1, 0.15) is 107 Å². The van der Waals surface area contributed by atoms with Crippen LogP contribution < -0.4 is 16.0 Å². The summed E-state index contributed by atoms with van der Waals surface area (Å²) in [6, 6.07) is 7.09. The summed E-state index contributed by atoms with van der Waals surface area (Å²) in [6.07, 6.45) is 16.4. The number of thiocarbonyl (C=S) groups is 1. The standard InChI is InChI=1S/C27H43N3O3S/c1-2-3-4-5-6-7-8-9-10-11-12-18-25(31)30-27(34)29-23-16-13-15-22(20-23)26(32)28-21-24-17-14-19-33-24/h13,15-16,20,24H,2-12,14,17-19,21H2,1H3,(H,28,32)(H2,29,30,31,34). The first-order chi connectivity index (χ1) is 16.6. The van der Waals surface area contributed by atoms with E-state index in [9.17, 15) is 9.59 Å². The molecule has 34 heavy (non-hydrogen) atoms. The lowest BCUT2D eigenvalue weighted by molar-refractivity contribution is -0.119. The smallest absolute Gasteiger partial charge is 0.251 e. The molecule has 190 valence electrons. The highest BCUT2D eigenvalue weighted by Gasteiger charge is 2.17. The van der Waals surface area contributed by atoms with Crippen LogP contribution in [0, 0.1) is 0 Å². The molecule has 0 spiro atoms. The molecular weight excluding hydrogens is 446 g/mol. The Hall–Kier alpha value is -1.99. The summed E-state index contributed by atoms with van der Waals surface area (Å²) in [5.41, 5.74) is 1.21. The average Bonchev–Trinajstić information content (AvgIpc) is 3.35. The van der Waals surface area contributed by atoms with Crippen molar-refractivity contribution in [3.63, 3.8) is 0 Å². The Morgan fingerprint density at radius 2 is 1.68 bits per heavy atom. The van der Waals surface area contributed by atoms with Gasteiger partial charge < -0.3 is 20.7 Å². The molecular formula is C27H43N3O3S. The number of carbonyl (C=O) groups excluding carboxylic acids is 2. The highest BCUT2D eigenvalue weighted by molar-refractivity contribution is 7.80. The third kappa shape index (κ3) is 12.5. The molecule has 3 N–H and O–H groups in total. The van der Waals surface area contributed by atoms with Crippen molar-refractivity contribution >= 4 is 34.8 Å². The van der Waals surface area contributed by atoms with Gasteiger partial charge in [0.2, 0.25) is 5.91 Å². The first-order valence-corrected chi connectivity index (χ1v) is 13.6. The molecule has 0 aromatic heterocycles. The number of nitrogens with one attached hydrogen (secondary N) is 3. The molecule has 1 aromatic carbocycles. The fourth-order valence-corrected chi connectivity index (χ4v) is 4.39. The van der Waals surface area contributed by atoms with E-state index in [0.717, 1.165) is 32.3 Å². The summed E-state index contributed by atoms with van der Waals surface area (Å²) >= 11 is 5.27. The van der Waals surface area contributed by atoms with Gasteiger partial charge in [-0.05, 0) is 49.7 Å². The number of amides is 2. The van der Waals surface area contributed by atoms with E-state index in [0.29, 0.717) is 24.2 Å². The van der Waals surface area contributed by atoms with Gasteiger partial charge in [0.05, 0.1) is 6.10 Å². The maximum Gasteiger partial charge on any atom is 0.251 e. The van der Waals surface area contributed by atoms with E-state index in [-0.39, 0.29) is 23.0 Å². The summed E-state index contributed by atoms with van der Waals surface area (Å²) in [5, 5.41) is 8.91. The lowest BCUT2D eigenvalue weighted by Crippen LogP contribution is -2.34. The Kier molecular flexibility index (Phi) is 14.5. The minimum Gasteiger partial charge on any atom is -0.376 e. The topological polar surface area (TPSA) is 79.5 Å². The Bertz CT molecular complexity index is 750. The molecule has 1 aliphatic rings. The monoisotopic (exact) mass is 489 g/mol. The Morgan fingerprint density at radius 1 is 1.00 bits per heavy atom. The minimum absolute atomic E-state index is 0.0705. The molecule has 1 heterocycles. The number of anilines is 1. The van der Waals surface area contributed by atoms with E-state index >= 15 is 0 Å². The Balaban J connectivity index is 1.55. The van der Waals surface area contributed by atoms with E-state index in [1.54, 1.807) is 18.2 Å². The number of benzene rings is 1. The van der Waals surface area contributed by atoms with Crippen LogP contribution in [0.5, 0.6) is 0 Å². The number of hydrogen-bond acceptors (Lipinski definition) is 4. The van der Waals surface area contributed by atoms with Gasteiger partial charge in [-0.25, -0.2) is 0 Å². The van der Waals surface area contributed by atoms with Crippen molar-refractivity contribution in [2.45, 2.75) is 103 Å². The lowest BCUT2D eigenvalue weighted by atomic mass is 10.1. The number of rotatable bonds is 16. The van der Waals surface area contributed by atoms with Gasteiger partial charge in [-0.2, -0.15) is 0 Å². The van der Waals surface area contributed by atoms with Gasteiger partial charge in [-0.3, -0.25) is 9.59 Å². The fourth-order valence-electron chi connectivity index (χ4n) is 4.15. The van der Waals surface area contributed by atoms with Crippen LogP contribution in [-0.2, 0) is 9.53 Å². The molecule has 1 aromatic rings. The summed E-state index contributed by atoms with van der Waals surface area (Å²) in [7, 11) is 0. The first-order valence-electron chi connectivity index (χ1n) is 13.2. The molecule has 1 fully saturated rings. The van der Waals surface area contributed by atoms with E-state index in [4.69, 9.17) is 17.0 Å². The predicted molar refractivity (Wildman–Crippen MR) is 143 cm³/mol. The number of ether oxygens (including phenoxy) is 1. The molecule has 2 amide bonds. The van der Waals surface area contributed by atoms with Gasteiger partial charge in [-0.1, -0.05) is 77.2 Å². The van der Waals surface area contributed by atoms with Crippen LogP contribution in [0.25, 0.3) is 0 Å². The Labute approximate surface area is 211 Å². The normalized spacial score (nSPS) is 15.1. The summed E-state index contributed by atoms with van der Waals surface area (Å²) in [6.45, 7) is 3.53. The maximum absolute atomic E-state index is 12.4. The highest BCUT2D eigenvalue weighted by Crippen LogP contribution is 2.14. The SMILES string of the molecule is CCCCCCCCCCCCCC(=O)NC(=S)Nc1cccc(C(=O)NCC2CCCO2)c1. The van der Waals surface area contributed by atoms with Gasteiger partial charge >= 0.3 is 0 Å². The molecule has 0 bridgehead atoms. The largest absolute Gasteiger partial charge is 0.376 e. The van der Waals surface area contributed by atoms with Crippen LogP contribution in [0.2, 0.25) is 0 Å². The molecule has 1 saturated heterocycles. The zero-order chi connectivity index (χ0) is 24.4. The van der Waals surface area contributed by atoms with E-state index in [1.165, 1.54) is 57.8 Å². The number of carbonyl (C=O) groups is 2. The lowest BCUT2D eigenvalue weighted by Gasteiger charge is -2.12. The molecule has 2 rings (SSSR count). The second-order valence-corrected chi connectivity index (χ2v) is 9.62. The molecule has 1 atom stereocenters. The molecule has 0 saturated carbocycles. The van der Waals surface area contributed by atoms with Crippen LogP contribution in [0.3, 0.4) is 0 Å². The third-order valence-corrected chi connectivity index (χ3v) is 6.36. The van der Waals surface area contributed by atoms with Crippen molar-refractivity contribution in [1.82, 2.24) is 10.6 Å². The average molecular weight is 490 g/mol. The summed E-state index contributed by atoms with van der Waals surface area (Å²) in [5.74, 6) is -0.218. The molecule has 7 heteroatoms. The summed E-state index contributed by atoms with van der Waals surface area (Å²) in [4.78, 5) is 24.6. The molecule has 1 unspecified atom stereocenters. The number of hydrogen-bond donors (Lipinski definition) is 3. The zero-order valence-corrected chi connectivity index (χ0v) is 21.6. The van der Waals surface area contributed by atoms with Crippen molar-refractivity contribution in [1.29, 1.82) is 0 Å². The maximum atomic E-state index is 12.4. The van der Waals surface area contributed by atoms with Crippen molar-refractivity contribution in [3.8, 4) is 0 Å². The summed E-state index contributed by atoms with van der Waals surface area (Å²) < 4.78 is 5.54. The highest BCUT2D eigenvalue weighted by atomic mass is 32.1. The van der Waals surface area contributed by atoms with Gasteiger partial charge in [0.15, 0.2) is 5.11 Å². The van der Waals surface area contributed by atoms with Gasteiger partial charge in [0, 0.05) is 30.8 Å². The quantitative estimate of drug-likeness (QED) is 0.193. The minimum atomic E-state index is -0.148. The van der Waals surface area contributed by atoms with E-state index in [1.807, 2.05) is 6.07 Å². The van der Waals surface area contributed by atoms with Crippen LogP contribution in [0.4, 0.5) is 5.69 Å². The van der Waals surface area contributed by atoms with Crippen molar-refractivity contribution in [2.24, 2.45) is 0 Å². The predicted octanol–water partition coefficient (Wildman–Crippen LogP) is 6.11. The molecule has 6 nitrogen and oxygen atoms in total. The van der Waals surface area contributed by atoms with Gasteiger partial charge in [0.25, 0.3) is 5.91 Å². The molecule has 0 aliphatic carbocycles. The molecule has 1 aliphatic heterocycles. The van der Waals surface area contributed by atoms with Crippen LogP contribution in [0.15, 0.2) is 24.3 Å². The molecule has 0 radical (unpaired) electrons. The van der Waals surface area contributed by atoms with Crippen molar-refractivity contribution in [3.05, 3.63) is 29.8 Å². The van der Waals surface area contributed by atoms with Crippen LogP contribution in [-0.4, -0.2) is 36.2 Å². The zero-order valence-electron chi connectivity index (χ0n) is 20.8. The van der Waals surface area contributed by atoms with E-state index < -0.39 is 0 Å².